The van der Waals surface area contributed by atoms with Gasteiger partial charge in [-0.2, -0.15) is 5.26 Å². The summed E-state index contributed by atoms with van der Waals surface area (Å²) in [6.07, 6.45) is 0. The van der Waals surface area contributed by atoms with Crippen LogP contribution in [0.3, 0.4) is 0 Å². The highest BCUT2D eigenvalue weighted by Crippen LogP contribution is 2.11. The molecular formula is C14H14FN3. The summed E-state index contributed by atoms with van der Waals surface area (Å²) >= 11 is 0. The summed E-state index contributed by atoms with van der Waals surface area (Å²) < 4.78 is 15.6. The lowest BCUT2D eigenvalue weighted by Gasteiger charge is -2.13. The third-order valence-corrected chi connectivity index (χ3v) is 2.88. The van der Waals surface area contributed by atoms with Crippen molar-refractivity contribution in [2.75, 3.05) is 5.43 Å². The monoisotopic (exact) mass is 243 g/mol. The van der Waals surface area contributed by atoms with Crippen LogP contribution < -0.4 is 5.43 Å². The molecule has 18 heavy (non-hydrogen) atoms. The molecule has 0 spiro atoms. The van der Waals surface area contributed by atoms with Gasteiger partial charge >= 0.3 is 0 Å². The van der Waals surface area contributed by atoms with Gasteiger partial charge in [0.1, 0.15) is 5.82 Å². The van der Waals surface area contributed by atoms with Crippen LogP contribution in [0.2, 0.25) is 0 Å². The topological polar surface area (TPSA) is 40.8 Å². The zero-order chi connectivity index (χ0) is 13.1. The molecule has 92 valence electrons. The molecule has 4 heteroatoms. The van der Waals surface area contributed by atoms with Crippen LogP contribution in [0, 0.1) is 31.0 Å². The van der Waals surface area contributed by atoms with E-state index in [-0.39, 0.29) is 5.82 Å². The van der Waals surface area contributed by atoms with Crippen molar-refractivity contribution in [3.63, 3.8) is 0 Å². The van der Waals surface area contributed by atoms with Crippen molar-refractivity contribution >= 4 is 0 Å². The van der Waals surface area contributed by atoms with Crippen LogP contribution in [0.4, 0.5) is 4.39 Å². The molecule has 0 aliphatic rings. The Morgan fingerprint density at radius 2 is 1.89 bits per heavy atom. The van der Waals surface area contributed by atoms with E-state index in [0.717, 1.165) is 11.4 Å². The van der Waals surface area contributed by atoms with Gasteiger partial charge in [-0.05, 0) is 38.1 Å². The van der Waals surface area contributed by atoms with Gasteiger partial charge in [-0.3, -0.25) is 4.68 Å². The highest BCUT2D eigenvalue weighted by molar-refractivity contribution is 5.33. The number of nitrogens with zero attached hydrogens (tertiary/aromatic N) is 2. The molecule has 1 heterocycles. The molecule has 2 aromatic rings. The summed E-state index contributed by atoms with van der Waals surface area (Å²) in [6.45, 7) is 4.35. The Kier molecular flexibility index (Phi) is 3.33. The lowest BCUT2D eigenvalue weighted by Crippen LogP contribution is -2.17. The number of aryl methyl sites for hydroxylation is 2. The standard InChI is InChI=1S/C14H14FN3/c1-10-3-4-11(2)18(10)17-9-13-6-5-12(8-16)7-14(13)15/h3-7,17H,9H2,1-2H3. The summed E-state index contributed by atoms with van der Waals surface area (Å²) in [5, 5.41) is 8.67. The van der Waals surface area contributed by atoms with Crippen LogP contribution in [-0.2, 0) is 6.54 Å². The van der Waals surface area contributed by atoms with E-state index in [1.165, 1.54) is 6.07 Å². The number of benzene rings is 1. The van der Waals surface area contributed by atoms with Gasteiger partial charge in [-0.1, -0.05) is 6.07 Å². The van der Waals surface area contributed by atoms with E-state index in [1.807, 2.05) is 36.7 Å². The minimum Gasteiger partial charge on any atom is -0.321 e. The van der Waals surface area contributed by atoms with Gasteiger partial charge in [0.25, 0.3) is 0 Å². The number of halogens is 1. The highest BCUT2D eigenvalue weighted by atomic mass is 19.1. The Hall–Kier alpha value is -2.28. The van der Waals surface area contributed by atoms with Gasteiger partial charge in [-0.25, -0.2) is 4.39 Å². The van der Waals surface area contributed by atoms with Crippen LogP contribution in [0.5, 0.6) is 0 Å². The molecule has 0 saturated carbocycles. The van der Waals surface area contributed by atoms with Crippen molar-refractivity contribution < 1.29 is 4.39 Å². The average Bonchev–Trinajstić information content (AvgIpc) is 2.68. The van der Waals surface area contributed by atoms with Gasteiger partial charge in [0, 0.05) is 17.0 Å². The molecule has 2 rings (SSSR count). The first-order valence-corrected chi connectivity index (χ1v) is 5.69. The van der Waals surface area contributed by atoms with Crippen molar-refractivity contribution in [2.45, 2.75) is 20.4 Å². The van der Waals surface area contributed by atoms with Crippen molar-refractivity contribution in [2.24, 2.45) is 0 Å². The minimum absolute atomic E-state index is 0.338. The third kappa shape index (κ3) is 2.35. The summed E-state index contributed by atoms with van der Waals surface area (Å²) in [4.78, 5) is 0. The van der Waals surface area contributed by atoms with E-state index in [9.17, 15) is 4.39 Å². The minimum atomic E-state index is -0.357. The first-order chi connectivity index (χ1) is 8.61. The molecule has 0 bridgehead atoms. The first-order valence-electron chi connectivity index (χ1n) is 5.69. The summed E-state index contributed by atoms with van der Waals surface area (Å²) in [5.41, 5.74) is 6.17. The molecule has 0 fully saturated rings. The summed E-state index contributed by atoms with van der Waals surface area (Å²) in [7, 11) is 0. The fourth-order valence-electron chi connectivity index (χ4n) is 1.84. The maximum absolute atomic E-state index is 13.7. The van der Waals surface area contributed by atoms with E-state index in [1.54, 1.807) is 12.1 Å². The SMILES string of the molecule is Cc1ccc(C)n1NCc1ccc(C#N)cc1F. The van der Waals surface area contributed by atoms with Gasteiger partial charge in [-0.15, -0.1) is 0 Å². The fourth-order valence-corrected chi connectivity index (χ4v) is 1.84. The Labute approximate surface area is 105 Å². The highest BCUT2D eigenvalue weighted by Gasteiger charge is 2.05. The largest absolute Gasteiger partial charge is 0.321 e. The van der Waals surface area contributed by atoms with Crippen LogP contribution >= 0.6 is 0 Å². The van der Waals surface area contributed by atoms with E-state index in [0.29, 0.717) is 17.7 Å². The number of rotatable bonds is 3. The van der Waals surface area contributed by atoms with Gasteiger partial charge in [0.05, 0.1) is 18.2 Å². The van der Waals surface area contributed by atoms with Gasteiger partial charge in [0.2, 0.25) is 0 Å². The molecule has 3 nitrogen and oxygen atoms in total. The smallest absolute Gasteiger partial charge is 0.129 e. The van der Waals surface area contributed by atoms with Crippen molar-refractivity contribution in [3.8, 4) is 6.07 Å². The molecule has 0 atom stereocenters. The predicted molar refractivity (Wildman–Crippen MR) is 68.1 cm³/mol. The number of nitriles is 1. The maximum atomic E-state index is 13.7. The molecule has 1 aromatic carbocycles. The second-order valence-electron chi connectivity index (χ2n) is 4.20. The predicted octanol–water partition coefficient (Wildman–Crippen LogP) is 2.86. The van der Waals surface area contributed by atoms with Crippen LogP contribution in [0.25, 0.3) is 0 Å². The van der Waals surface area contributed by atoms with E-state index < -0.39 is 0 Å². The third-order valence-electron chi connectivity index (χ3n) is 2.88. The Morgan fingerprint density at radius 1 is 1.22 bits per heavy atom. The van der Waals surface area contributed by atoms with E-state index >= 15 is 0 Å². The average molecular weight is 243 g/mol. The molecule has 0 saturated heterocycles. The van der Waals surface area contributed by atoms with Crippen molar-refractivity contribution in [1.29, 1.82) is 5.26 Å². The number of hydrogen-bond donors (Lipinski definition) is 1. The Bertz CT molecular complexity index is 588. The van der Waals surface area contributed by atoms with Crippen molar-refractivity contribution in [1.82, 2.24) is 4.68 Å². The van der Waals surface area contributed by atoms with E-state index in [2.05, 4.69) is 5.43 Å². The molecular weight excluding hydrogens is 229 g/mol. The quantitative estimate of drug-likeness (QED) is 0.900. The Morgan fingerprint density at radius 3 is 2.44 bits per heavy atom. The lowest BCUT2D eigenvalue weighted by molar-refractivity contribution is 0.607. The fraction of sp³-hybridized carbons (Fsp3) is 0.214. The summed E-state index contributed by atoms with van der Waals surface area (Å²) in [5.74, 6) is -0.357. The zero-order valence-corrected chi connectivity index (χ0v) is 10.4. The molecule has 1 N–H and O–H groups in total. The molecule has 1 aromatic heterocycles. The van der Waals surface area contributed by atoms with Crippen LogP contribution in [0.15, 0.2) is 30.3 Å². The Balaban J connectivity index is 2.14. The zero-order valence-electron chi connectivity index (χ0n) is 10.4. The molecule has 0 radical (unpaired) electrons. The normalized spacial score (nSPS) is 10.1. The number of aromatic nitrogens is 1. The summed E-state index contributed by atoms with van der Waals surface area (Å²) in [6, 6.07) is 10.4. The first kappa shape index (κ1) is 12.2. The van der Waals surface area contributed by atoms with Gasteiger partial charge < -0.3 is 5.43 Å². The van der Waals surface area contributed by atoms with E-state index in [4.69, 9.17) is 5.26 Å². The molecule has 0 aliphatic heterocycles. The molecule has 0 aliphatic carbocycles. The van der Waals surface area contributed by atoms with Crippen molar-refractivity contribution in [3.05, 3.63) is 58.7 Å². The maximum Gasteiger partial charge on any atom is 0.129 e. The number of hydrogen-bond acceptors (Lipinski definition) is 2. The van der Waals surface area contributed by atoms with Crippen LogP contribution in [0.1, 0.15) is 22.5 Å². The number of nitrogens with one attached hydrogen (secondary N) is 1. The second kappa shape index (κ2) is 4.92. The molecule has 0 unspecified atom stereocenters. The molecule has 0 amide bonds. The van der Waals surface area contributed by atoms with Gasteiger partial charge in [0.15, 0.2) is 0 Å². The van der Waals surface area contributed by atoms with Crippen LogP contribution in [-0.4, -0.2) is 4.68 Å². The second-order valence-corrected chi connectivity index (χ2v) is 4.20. The lowest BCUT2D eigenvalue weighted by atomic mass is 10.1.